The molecule has 1 aliphatic rings. The molecule has 0 amide bonds. The molecule has 1 aliphatic heterocycles. The molecule has 0 atom stereocenters. The first-order chi connectivity index (χ1) is 9.29. The molecule has 0 unspecified atom stereocenters. The van der Waals surface area contributed by atoms with E-state index < -0.39 is 0 Å². The highest BCUT2D eigenvalue weighted by Gasteiger charge is 2.09. The van der Waals surface area contributed by atoms with Crippen LogP contribution in [-0.2, 0) is 0 Å². The Labute approximate surface area is 115 Å². The first-order valence-corrected chi connectivity index (χ1v) is 7.00. The standard InChI is InChI=1S/C15H24N2O2/c1-13-4-5-14(15(12-13)18-2)19-11-3-8-17-9-6-16-7-10-17/h4-5,12,16H,3,6-11H2,1-2H3. The predicted molar refractivity (Wildman–Crippen MR) is 77.2 cm³/mol. The monoisotopic (exact) mass is 264 g/mol. The Balaban J connectivity index is 1.73. The molecule has 1 aromatic rings. The van der Waals surface area contributed by atoms with Gasteiger partial charge in [0.1, 0.15) is 0 Å². The molecule has 1 fully saturated rings. The summed E-state index contributed by atoms with van der Waals surface area (Å²) in [4.78, 5) is 2.48. The third-order valence-electron chi connectivity index (χ3n) is 3.40. The van der Waals surface area contributed by atoms with Crippen LogP contribution < -0.4 is 14.8 Å². The summed E-state index contributed by atoms with van der Waals surface area (Å²) in [6, 6.07) is 6.04. The lowest BCUT2D eigenvalue weighted by Crippen LogP contribution is -2.43. The Kier molecular flexibility index (Phi) is 5.48. The van der Waals surface area contributed by atoms with Crippen LogP contribution in [0.2, 0.25) is 0 Å². The van der Waals surface area contributed by atoms with Crippen LogP contribution in [0.4, 0.5) is 0 Å². The maximum atomic E-state index is 5.81. The van der Waals surface area contributed by atoms with Crippen molar-refractivity contribution >= 4 is 0 Å². The van der Waals surface area contributed by atoms with Crippen LogP contribution >= 0.6 is 0 Å². The highest BCUT2D eigenvalue weighted by molar-refractivity contribution is 5.42. The number of nitrogens with one attached hydrogen (secondary N) is 1. The molecular weight excluding hydrogens is 240 g/mol. The predicted octanol–water partition coefficient (Wildman–Crippen LogP) is 1.68. The number of nitrogens with zero attached hydrogens (tertiary/aromatic N) is 1. The lowest BCUT2D eigenvalue weighted by molar-refractivity contribution is 0.211. The van der Waals surface area contributed by atoms with Crippen molar-refractivity contribution in [2.75, 3.05) is 46.4 Å². The Morgan fingerprint density at radius 3 is 2.74 bits per heavy atom. The SMILES string of the molecule is COc1cc(C)ccc1OCCCN1CCNCC1. The second-order valence-corrected chi connectivity index (χ2v) is 4.95. The van der Waals surface area contributed by atoms with Crippen molar-refractivity contribution in [3.8, 4) is 11.5 Å². The number of ether oxygens (including phenoxy) is 2. The zero-order chi connectivity index (χ0) is 13.5. The van der Waals surface area contributed by atoms with Crippen molar-refractivity contribution < 1.29 is 9.47 Å². The van der Waals surface area contributed by atoms with Crippen molar-refractivity contribution in [3.05, 3.63) is 23.8 Å². The summed E-state index contributed by atoms with van der Waals surface area (Å²) in [6.07, 6.45) is 1.05. The van der Waals surface area contributed by atoms with E-state index in [2.05, 4.69) is 17.1 Å². The van der Waals surface area contributed by atoms with Gasteiger partial charge in [0, 0.05) is 32.7 Å². The summed E-state index contributed by atoms with van der Waals surface area (Å²) in [5, 5.41) is 3.36. The molecule has 2 rings (SSSR count). The lowest BCUT2D eigenvalue weighted by atomic mass is 10.2. The van der Waals surface area contributed by atoms with E-state index >= 15 is 0 Å². The summed E-state index contributed by atoms with van der Waals surface area (Å²) >= 11 is 0. The second-order valence-electron chi connectivity index (χ2n) is 4.95. The van der Waals surface area contributed by atoms with Crippen LogP contribution in [-0.4, -0.2) is 51.3 Å². The van der Waals surface area contributed by atoms with E-state index in [0.29, 0.717) is 0 Å². The minimum atomic E-state index is 0.739. The van der Waals surface area contributed by atoms with Crippen LogP contribution in [0.1, 0.15) is 12.0 Å². The van der Waals surface area contributed by atoms with E-state index in [4.69, 9.17) is 9.47 Å². The Bertz CT molecular complexity index is 390. The Hall–Kier alpha value is -1.26. The average Bonchev–Trinajstić information content (AvgIpc) is 2.46. The molecule has 4 nitrogen and oxygen atoms in total. The number of hydrogen-bond donors (Lipinski definition) is 1. The molecule has 4 heteroatoms. The zero-order valence-electron chi connectivity index (χ0n) is 11.9. The van der Waals surface area contributed by atoms with Crippen molar-refractivity contribution in [1.82, 2.24) is 10.2 Å². The lowest BCUT2D eigenvalue weighted by Gasteiger charge is -2.27. The smallest absolute Gasteiger partial charge is 0.161 e. The quantitative estimate of drug-likeness (QED) is 0.793. The van der Waals surface area contributed by atoms with E-state index in [-0.39, 0.29) is 0 Å². The van der Waals surface area contributed by atoms with E-state index in [1.807, 2.05) is 18.2 Å². The summed E-state index contributed by atoms with van der Waals surface area (Å²) in [6.45, 7) is 8.40. The third kappa shape index (κ3) is 4.40. The highest BCUT2D eigenvalue weighted by atomic mass is 16.5. The van der Waals surface area contributed by atoms with Gasteiger partial charge in [0.2, 0.25) is 0 Å². The normalized spacial score (nSPS) is 16.3. The molecule has 0 saturated carbocycles. The minimum absolute atomic E-state index is 0.739. The van der Waals surface area contributed by atoms with Crippen LogP contribution in [0.3, 0.4) is 0 Å². The maximum Gasteiger partial charge on any atom is 0.161 e. The molecular formula is C15H24N2O2. The molecule has 0 aromatic heterocycles. The van der Waals surface area contributed by atoms with Gasteiger partial charge in [-0.1, -0.05) is 6.07 Å². The second kappa shape index (κ2) is 7.36. The van der Waals surface area contributed by atoms with Crippen LogP contribution in [0.5, 0.6) is 11.5 Å². The largest absolute Gasteiger partial charge is 0.493 e. The Morgan fingerprint density at radius 2 is 2.00 bits per heavy atom. The van der Waals surface area contributed by atoms with Crippen molar-refractivity contribution in [3.63, 3.8) is 0 Å². The molecule has 1 heterocycles. The van der Waals surface area contributed by atoms with Gasteiger partial charge in [0.05, 0.1) is 13.7 Å². The van der Waals surface area contributed by atoms with Gasteiger partial charge in [-0.2, -0.15) is 0 Å². The molecule has 19 heavy (non-hydrogen) atoms. The number of methoxy groups -OCH3 is 1. The van der Waals surface area contributed by atoms with Gasteiger partial charge < -0.3 is 19.7 Å². The fourth-order valence-corrected chi connectivity index (χ4v) is 2.30. The first kappa shape index (κ1) is 14.2. The van der Waals surface area contributed by atoms with Crippen molar-refractivity contribution in [1.29, 1.82) is 0 Å². The number of benzene rings is 1. The topological polar surface area (TPSA) is 33.7 Å². The van der Waals surface area contributed by atoms with Crippen LogP contribution in [0.25, 0.3) is 0 Å². The van der Waals surface area contributed by atoms with Gasteiger partial charge in [0.25, 0.3) is 0 Å². The van der Waals surface area contributed by atoms with Gasteiger partial charge in [-0.25, -0.2) is 0 Å². The molecule has 0 radical (unpaired) electrons. The molecule has 106 valence electrons. The first-order valence-electron chi connectivity index (χ1n) is 7.00. The van der Waals surface area contributed by atoms with E-state index in [1.54, 1.807) is 7.11 Å². The Morgan fingerprint density at radius 1 is 1.21 bits per heavy atom. The van der Waals surface area contributed by atoms with E-state index in [9.17, 15) is 0 Å². The van der Waals surface area contributed by atoms with Gasteiger partial charge in [-0.15, -0.1) is 0 Å². The van der Waals surface area contributed by atoms with Gasteiger partial charge in [-0.05, 0) is 31.0 Å². The molecule has 1 aromatic carbocycles. The molecule has 0 bridgehead atoms. The highest BCUT2D eigenvalue weighted by Crippen LogP contribution is 2.27. The fourth-order valence-electron chi connectivity index (χ4n) is 2.30. The van der Waals surface area contributed by atoms with Gasteiger partial charge >= 0.3 is 0 Å². The number of rotatable bonds is 6. The molecule has 0 aliphatic carbocycles. The van der Waals surface area contributed by atoms with Crippen molar-refractivity contribution in [2.24, 2.45) is 0 Å². The van der Waals surface area contributed by atoms with Crippen molar-refractivity contribution in [2.45, 2.75) is 13.3 Å². The zero-order valence-corrected chi connectivity index (χ0v) is 11.9. The maximum absolute atomic E-state index is 5.81. The number of aryl methyl sites for hydroxylation is 1. The summed E-state index contributed by atoms with van der Waals surface area (Å²) in [5.41, 5.74) is 1.19. The van der Waals surface area contributed by atoms with E-state index in [0.717, 1.165) is 57.3 Å². The van der Waals surface area contributed by atoms with Crippen LogP contribution in [0.15, 0.2) is 18.2 Å². The summed E-state index contributed by atoms with van der Waals surface area (Å²) in [5.74, 6) is 1.66. The van der Waals surface area contributed by atoms with Crippen LogP contribution in [0, 0.1) is 6.92 Å². The minimum Gasteiger partial charge on any atom is -0.493 e. The fraction of sp³-hybridized carbons (Fsp3) is 0.600. The van der Waals surface area contributed by atoms with Gasteiger partial charge in [0.15, 0.2) is 11.5 Å². The van der Waals surface area contributed by atoms with E-state index in [1.165, 1.54) is 5.56 Å². The summed E-state index contributed by atoms with van der Waals surface area (Å²) in [7, 11) is 1.68. The van der Waals surface area contributed by atoms with Gasteiger partial charge in [-0.3, -0.25) is 0 Å². The summed E-state index contributed by atoms with van der Waals surface area (Å²) < 4.78 is 11.1. The number of piperazine rings is 1. The third-order valence-corrected chi connectivity index (χ3v) is 3.40. The molecule has 0 spiro atoms. The molecule has 1 N–H and O–H groups in total. The average molecular weight is 264 g/mol. The molecule has 1 saturated heterocycles. The number of hydrogen-bond acceptors (Lipinski definition) is 4.